The number of carboxylic acid groups (broad SMARTS) is 2. The van der Waals surface area contributed by atoms with E-state index >= 15 is 0 Å². The van der Waals surface area contributed by atoms with Gasteiger partial charge in [0, 0.05) is 11.9 Å². The van der Waals surface area contributed by atoms with Gasteiger partial charge in [0.25, 0.3) is 0 Å². The summed E-state index contributed by atoms with van der Waals surface area (Å²) in [4.78, 5) is 34.4. The molecule has 0 aromatic heterocycles. The molecular weight excluding hydrogens is 620 g/mol. The Morgan fingerprint density at radius 2 is 1.74 bits per heavy atom. The molecule has 46 heavy (non-hydrogen) atoms. The van der Waals surface area contributed by atoms with Crippen molar-refractivity contribution in [1.29, 1.82) is 0 Å². The first-order valence-electron chi connectivity index (χ1n) is 18.3. The predicted octanol–water partition coefficient (Wildman–Crippen LogP) is -7.15. The molecule has 5 fully saturated rings. The van der Waals surface area contributed by atoms with Crippen molar-refractivity contribution in [3.05, 3.63) is 0 Å². The number of hydrogen-bond donors (Lipinski definition) is 5. The van der Waals surface area contributed by atoms with Crippen molar-refractivity contribution in [3.63, 3.8) is 0 Å². The average Bonchev–Trinajstić information content (AvgIpc) is 3.37. The van der Waals surface area contributed by atoms with Crippen LogP contribution in [0.1, 0.15) is 91.7 Å². The van der Waals surface area contributed by atoms with E-state index in [1.54, 1.807) is 6.92 Å². The number of rotatable bonds is 9. The Morgan fingerprint density at radius 1 is 1.04 bits per heavy atom. The van der Waals surface area contributed by atoms with Gasteiger partial charge in [0.1, 0.15) is 24.4 Å². The molecule has 4 saturated carbocycles. The van der Waals surface area contributed by atoms with Crippen LogP contribution in [0, 0.1) is 46.3 Å². The molecule has 5 rings (SSSR count). The Kier molecular flexibility index (Phi) is 11.6. The van der Waals surface area contributed by atoms with Gasteiger partial charge in [-0.3, -0.25) is 4.79 Å². The van der Waals surface area contributed by atoms with E-state index < -0.39 is 96.8 Å². The number of carbonyl (C=O) groups is 3. The average molecular weight is 675 g/mol. The zero-order chi connectivity index (χ0) is 36.6. The first kappa shape index (κ1) is 33.3. The minimum absolute atomic E-state index is 0. The molecule has 0 radical (unpaired) electrons. The van der Waals surface area contributed by atoms with Crippen molar-refractivity contribution in [3.8, 4) is 0 Å². The second kappa shape index (κ2) is 16.0. The smallest absolute Gasteiger partial charge is 0.548 e. The van der Waals surface area contributed by atoms with Gasteiger partial charge in [-0.2, -0.15) is 0 Å². The molecule has 5 aliphatic rings. The van der Waals surface area contributed by atoms with E-state index in [0.29, 0.717) is 12.8 Å². The molecule has 0 aromatic rings. The molecule has 5 N–H and O–H groups in total. The van der Waals surface area contributed by atoms with Crippen molar-refractivity contribution in [1.82, 2.24) is 5.32 Å². The molecule has 14 heteroatoms. The zero-order valence-corrected chi connectivity index (χ0v) is 31.4. The third kappa shape index (κ3) is 7.59. The van der Waals surface area contributed by atoms with Gasteiger partial charge in [0.05, 0.1) is 32.0 Å². The predicted molar refractivity (Wildman–Crippen MR) is 150 cm³/mol. The summed E-state index contributed by atoms with van der Waals surface area (Å²) in [7, 11) is 0. The number of hydrogen-bond acceptors (Lipinski definition) is 11. The minimum atomic E-state index is -3.04. The van der Waals surface area contributed by atoms with Gasteiger partial charge < -0.3 is 55.0 Å². The van der Waals surface area contributed by atoms with Gasteiger partial charge in [0.15, 0.2) is 6.29 Å². The summed E-state index contributed by atoms with van der Waals surface area (Å²) in [5.41, 5.74) is -1.56. The molecule has 250 valence electrons. The fourth-order valence-electron chi connectivity index (χ4n) is 9.50. The van der Waals surface area contributed by atoms with E-state index in [1.807, 2.05) is 6.92 Å². The van der Waals surface area contributed by atoms with E-state index in [-0.39, 0.29) is 114 Å². The van der Waals surface area contributed by atoms with Gasteiger partial charge in [-0.05, 0) is 104 Å². The van der Waals surface area contributed by atoms with Crippen LogP contribution in [0.15, 0.2) is 0 Å². The van der Waals surface area contributed by atoms with Crippen LogP contribution in [0.2, 0.25) is 0 Å². The maximum absolute atomic E-state index is 12.2. The van der Waals surface area contributed by atoms with Crippen LogP contribution in [0.4, 0.5) is 0 Å². The number of amides is 1. The van der Waals surface area contributed by atoms with Gasteiger partial charge in [-0.15, -0.1) is 0 Å². The summed E-state index contributed by atoms with van der Waals surface area (Å²) < 4.78 is 56.5. The van der Waals surface area contributed by atoms with Gasteiger partial charge in [0.2, 0.25) is 5.91 Å². The molecule has 1 unspecified atom stereocenters. The molecule has 0 spiro atoms. The first-order chi connectivity index (χ1) is 22.5. The SMILES string of the molecule is [2H]C1([2H])C[C@@]2(C)[C@H](CC[C@@H]3[C@@H]2C[C@H](O)[C@]2(C)[C@@H]([C@H](C)CCC(=O)NCC(=O)[O-])CC[C@@H]32)C([2H])([2H])[C@]1([2H])O[C@@H]1O[C@H](C(=O)[O-])[C@@H](O)C(O)[C@H]1O.[Na+].[Na+]. The normalized spacial score (nSPS) is 50.8. The maximum Gasteiger partial charge on any atom is 1.00 e. The Hall–Kier alpha value is 0.170. The van der Waals surface area contributed by atoms with Crippen LogP contribution in [0.5, 0.6) is 0 Å². The van der Waals surface area contributed by atoms with E-state index in [9.17, 15) is 49.1 Å². The first-order valence-corrected chi connectivity index (χ1v) is 15.8. The van der Waals surface area contributed by atoms with E-state index in [4.69, 9.17) is 12.2 Å². The summed E-state index contributed by atoms with van der Waals surface area (Å²) in [5, 5.41) is 67.4. The molecule has 1 saturated heterocycles. The molecular formula is C32H49NNa2O11. The monoisotopic (exact) mass is 674 g/mol. The Bertz CT molecular complexity index is 1320. The summed E-state index contributed by atoms with van der Waals surface area (Å²) in [5.74, 6) is -4.81. The number of aliphatic carboxylic acids is 2. The van der Waals surface area contributed by atoms with Crippen LogP contribution in [-0.4, -0.2) is 87.7 Å². The maximum atomic E-state index is 12.2. The third-order valence-corrected chi connectivity index (χ3v) is 12.0. The summed E-state index contributed by atoms with van der Waals surface area (Å²) >= 11 is 0. The number of aliphatic hydroxyl groups excluding tert-OH is 4. The molecule has 1 amide bonds. The molecule has 1 aliphatic heterocycles. The number of fused-ring (bicyclic) bond motifs is 5. The molecule has 1 heterocycles. The largest absolute Gasteiger partial charge is 1.00 e. The molecule has 15 atom stereocenters. The number of aliphatic hydroxyl groups is 4. The van der Waals surface area contributed by atoms with E-state index in [1.165, 1.54) is 0 Å². The van der Waals surface area contributed by atoms with Gasteiger partial charge in [-0.1, -0.05) is 20.8 Å². The van der Waals surface area contributed by atoms with Crippen molar-refractivity contribution in [2.75, 3.05) is 6.54 Å². The Morgan fingerprint density at radius 3 is 2.39 bits per heavy atom. The fraction of sp³-hybridized carbons (Fsp3) is 0.906. The summed E-state index contributed by atoms with van der Waals surface area (Å²) in [6, 6.07) is 0. The van der Waals surface area contributed by atoms with Crippen molar-refractivity contribution in [2.24, 2.45) is 46.3 Å². The van der Waals surface area contributed by atoms with Crippen LogP contribution in [-0.2, 0) is 23.9 Å². The number of carbonyl (C=O) groups excluding carboxylic acids is 3. The van der Waals surface area contributed by atoms with Crippen LogP contribution < -0.4 is 74.6 Å². The number of ether oxygens (including phenoxy) is 2. The molecule has 0 aromatic carbocycles. The number of carboxylic acids is 2. The third-order valence-electron chi connectivity index (χ3n) is 12.0. The molecule has 12 nitrogen and oxygen atoms in total. The van der Waals surface area contributed by atoms with Crippen LogP contribution in [0.3, 0.4) is 0 Å². The molecule has 4 aliphatic carbocycles. The Balaban J connectivity index is 0.00000351. The van der Waals surface area contributed by atoms with Crippen molar-refractivity contribution < 1.29 is 120 Å². The van der Waals surface area contributed by atoms with Crippen LogP contribution in [0.25, 0.3) is 0 Å². The quantitative estimate of drug-likeness (QED) is 0.115. The minimum Gasteiger partial charge on any atom is -0.548 e. The number of nitrogens with one attached hydrogen (secondary N) is 1. The van der Waals surface area contributed by atoms with Crippen LogP contribution >= 0.6 is 0 Å². The topological polar surface area (TPSA) is 209 Å². The Labute approximate surface area is 322 Å². The van der Waals surface area contributed by atoms with E-state index in [0.717, 1.165) is 12.8 Å². The second-order valence-corrected chi connectivity index (χ2v) is 14.1. The van der Waals surface area contributed by atoms with E-state index in [2.05, 4.69) is 12.2 Å². The standard InChI is InChI=1S/C32H51NO11.2Na/c1-15(4-9-23(35)33-14-24(36)37)19-7-8-20-18-6-5-16-12-17(10-11-31(16,2)21(18)13-22(34)32(19,20)3)43-30-27(40)25(38)26(39)28(44-30)29(41)42;;/h15-22,25-28,30,34,38-40H,4-14H2,1-3H3,(H,33,35)(H,36,37)(H,41,42);;/q;2*+1/p-2/t15-,16-,17-,18+,19-,20+,21+,22+,25?,26+,27-,28+,30-,31+,32-;;/m1../s1/i10D2,12D2,17D;;. The molecule has 0 bridgehead atoms. The van der Waals surface area contributed by atoms with Crippen molar-refractivity contribution in [2.45, 2.75) is 128 Å². The van der Waals surface area contributed by atoms with Gasteiger partial charge >= 0.3 is 59.1 Å². The zero-order valence-electron chi connectivity index (χ0n) is 32.4. The van der Waals surface area contributed by atoms with Gasteiger partial charge in [-0.25, -0.2) is 0 Å². The second-order valence-electron chi connectivity index (χ2n) is 14.1. The summed E-state index contributed by atoms with van der Waals surface area (Å²) in [6.45, 7) is 5.34. The fourth-order valence-corrected chi connectivity index (χ4v) is 9.50. The van der Waals surface area contributed by atoms with Crippen molar-refractivity contribution >= 4 is 17.8 Å². The summed E-state index contributed by atoms with van der Waals surface area (Å²) in [6.07, 6.45) is -17.1.